The van der Waals surface area contributed by atoms with Gasteiger partial charge in [-0.25, -0.2) is 0 Å². The SMILES string of the molecule is CCc1cccc(-n2c(SCc3noc(-c4ccco4)n3)nnc2N2CCOCC2)c1. The summed E-state index contributed by atoms with van der Waals surface area (Å²) in [6.45, 7) is 5.09. The smallest absolute Gasteiger partial charge is 0.293 e. The van der Waals surface area contributed by atoms with E-state index in [-0.39, 0.29) is 0 Å². The number of morpholine rings is 1. The minimum Gasteiger partial charge on any atom is -0.459 e. The predicted octanol–water partition coefficient (Wildman–Crippen LogP) is 3.60. The molecule has 31 heavy (non-hydrogen) atoms. The van der Waals surface area contributed by atoms with Crippen molar-refractivity contribution >= 4 is 17.7 Å². The Morgan fingerprint density at radius 2 is 2.00 bits per heavy atom. The molecule has 1 saturated heterocycles. The highest BCUT2D eigenvalue weighted by molar-refractivity contribution is 7.98. The summed E-state index contributed by atoms with van der Waals surface area (Å²) in [4.78, 5) is 6.63. The molecule has 0 radical (unpaired) electrons. The summed E-state index contributed by atoms with van der Waals surface area (Å²) < 4.78 is 18.2. The van der Waals surface area contributed by atoms with Crippen LogP contribution in [0.15, 0.2) is 56.8 Å². The first-order valence-corrected chi connectivity index (χ1v) is 11.2. The van der Waals surface area contributed by atoms with E-state index in [9.17, 15) is 0 Å². The molecule has 3 aromatic heterocycles. The van der Waals surface area contributed by atoms with E-state index < -0.39 is 0 Å². The number of hydrogen-bond acceptors (Lipinski definition) is 9. The van der Waals surface area contributed by atoms with E-state index in [2.05, 4.69) is 61.0 Å². The number of aromatic nitrogens is 5. The van der Waals surface area contributed by atoms with Crippen LogP contribution in [0.3, 0.4) is 0 Å². The molecule has 0 bridgehead atoms. The standard InChI is InChI=1S/C21H22N6O3S/c1-2-15-5-3-6-16(13-15)27-20(26-8-11-28-12-9-26)23-24-21(27)31-14-18-22-19(30-25-18)17-7-4-10-29-17/h3-7,10,13H,2,8-9,11-12,14H2,1H3. The van der Waals surface area contributed by atoms with Crippen LogP contribution in [-0.4, -0.2) is 51.2 Å². The fourth-order valence-corrected chi connectivity index (χ4v) is 4.20. The summed E-state index contributed by atoms with van der Waals surface area (Å²) in [7, 11) is 0. The van der Waals surface area contributed by atoms with E-state index in [1.807, 2.05) is 0 Å². The normalized spacial score (nSPS) is 14.3. The van der Waals surface area contributed by atoms with Crippen molar-refractivity contribution in [3.05, 3.63) is 54.0 Å². The van der Waals surface area contributed by atoms with Crippen LogP contribution in [0, 0.1) is 0 Å². The molecule has 1 fully saturated rings. The molecule has 1 aromatic carbocycles. The Kier molecular flexibility index (Phi) is 5.72. The van der Waals surface area contributed by atoms with Gasteiger partial charge in [-0.2, -0.15) is 4.98 Å². The van der Waals surface area contributed by atoms with Crippen molar-refractivity contribution in [1.29, 1.82) is 0 Å². The quantitative estimate of drug-likeness (QED) is 0.401. The van der Waals surface area contributed by atoms with E-state index in [0.717, 1.165) is 36.3 Å². The molecule has 1 aliphatic rings. The number of anilines is 1. The van der Waals surface area contributed by atoms with Gasteiger partial charge in [0, 0.05) is 13.1 Å². The van der Waals surface area contributed by atoms with Gasteiger partial charge >= 0.3 is 0 Å². The lowest BCUT2D eigenvalue weighted by atomic mass is 10.1. The first-order valence-electron chi connectivity index (χ1n) is 10.2. The van der Waals surface area contributed by atoms with Gasteiger partial charge in [0.2, 0.25) is 5.95 Å². The molecule has 4 heterocycles. The van der Waals surface area contributed by atoms with Crippen molar-refractivity contribution in [3.63, 3.8) is 0 Å². The monoisotopic (exact) mass is 438 g/mol. The Balaban J connectivity index is 1.43. The largest absolute Gasteiger partial charge is 0.459 e. The van der Waals surface area contributed by atoms with Gasteiger partial charge in [-0.1, -0.05) is 36.0 Å². The molecule has 5 rings (SSSR count). The predicted molar refractivity (Wildman–Crippen MR) is 115 cm³/mol. The van der Waals surface area contributed by atoms with Crippen molar-refractivity contribution in [1.82, 2.24) is 24.9 Å². The van der Waals surface area contributed by atoms with Crippen LogP contribution in [-0.2, 0) is 16.9 Å². The third-order valence-corrected chi connectivity index (χ3v) is 5.94. The van der Waals surface area contributed by atoms with Crippen molar-refractivity contribution in [2.45, 2.75) is 24.3 Å². The minimum absolute atomic E-state index is 0.367. The number of nitrogens with zero attached hydrogens (tertiary/aromatic N) is 6. The highest BCUT2D eigenvalue weighted by Gasteiger charge is 2.22. The number of hydrogen-bond donors (Lipinski definition) is 0. The lowest BCUT2D eigenvalue weighted by molar-refractivity contribution is 0.122. The first-order chi connectivity index (χ1) is 15.3. The average Bonchev–Trinajstić information content (AvgIpc) is 3.59. The molecule has 0 unspecified atom stereocenters. The van der Waals surface area contributed by atoms with E-state index in [1.54, 1.807) is 18.4 Å². The fraction of sp³-hybridized carbons (Fsp3) is 0.333. The maximum Gasteiger partial charge on any atom is 0.293 e. The van der Waals surface area contributed by atoms with Crippen LogP contribution in [0.25, 0.3) is 17.3 Å². The van der Waals surface area contributed by atoms with Gasteiger partial charge in [0.15, 0.2) is 16.7 Å². The summed E-state index contributed by atoms with van der Waals surface area (Å²) in [5, 5.41) is 13.8. The van der Waals surface area contributed by atoms with Crippen molar-refractivity contribution in [3.8, 4) is 17.3 Å². The van der Waals surface area contributed by atoms with Crippen LogP contribution < -0.4 is 4.90 Å². The average molecular weight is 439 g/mol. The molecule has 4 aromatic rings. The van der Waals surface area contributed by atoms with Gasteiger partial charge in [0.05, 0.1) is 30.9 Å². The maximum absolute atomic E-state index is 5.51. The maximum atomic E-state index is 5.51. The second-order valence-electron chi connectivity index (χ2n) is 7.02. The zero-order valence-electron chi connectivity index (χ0n) is 17.1. The lowest BCUT2D eigenvalue weighted by Gasteiger charge is -2.28. The highest BCUT2D eigenvalue weighted by atomic mass is 32.2. The van der Waals surface area contributed by atoms with Crippen LogP contribution in [0.5, 0.6) is 0 Å². The summed E-state index contributed by atoms with van der Waals surface area (Å²) in [5.74, 6) is 2.81. The van der Waals surface area contributed by atoms with Crippen molar-refractivity contribution in [2.24, 2.45) is 0 Å². The minimum atomic E-state index is 0.367. The third-order valence-electron chi connectivity index (χ3n) is 5.02. The Morgan fingerprint density at radius 1 is 1.10 bits per heavy atom. The van der Waals surface area contributed by atoms with Crippen LogP contribution in [0.1, 0.15) is 18.3 Å². The van der Waals surface area contributed by atoms with E-state index in [1.165, 1.54) is 17.3 Å². The molecule has 10 heteroatoms. The highest BCUT2D eigenvalue weighted by Crippen LogP contribution is 2.29. The lowest BCUT2D eigenvalue weighted by Crippen LogP contribution is -2.37. The van der Waals surface area contributed by atoms with E-state index in [0.29, 0.717) is 36.4 Å². The molecule has 9 nitrogen and oxygen atoms in total. The van der Waals surface area contributed by atoms with Crippen LogP contribution in [0.2, 0.25) is 0 Å². The number of rotatable bonds is 7. The van der Waals surface area contributed by atoms with Gasteiger partial charge in [0.1, 0.15) is 0 Å². The summed E-state index contributed by atoms with van der Waals surface area (Å²) in [5.41, 5.74) is 2.30. The number of aryl methyl sites for hydroxylation is 1. The van der Waals surface area contributed by atoms with Crippen molar-refractivity contribution < 1.29 is 13.7 Å². The molecule has 0 N–H and O–H groups in total. The zero-order chi connectivity index (χ0) is 21.0. The summed E-state index contributed by atoms with van der Waals surface area (Å²) in [6.07, 6.45) is 2.54. The Labute approximate surface area is 183 Å². The number of thioether (sulfide) groups is 1. The molecule has 0 saturated carbocycles. The van der Waals surface area contributed by atoms with Crippen LogP contribution >= 0.6 is 11.8 Å². The fourth-order valence-electron chi connectivity index (χ4n) is 3.41. The Hall–Kier alpha value is -3.11. The zero-order valence-corrected chi connectivity index (χ0v) is 17.9. The molecule has 0 aliphatic carbocycles. The summed E-state index contributed by atoms with van der Waals surface area (Å²) >= 11 is 1.52. The third kappa shape index (κ3) is 4.21. The van der Waals surface area contributed by atoms with Gasteiger partial charge in [-0.3, -0.25) is 4.57 Å². The second kappa shape index (κ2) is 8.94. The Morgan fingerprint density at radius 3 is 2.81 bits per heavy atom. The van der Waals surface area contributed by atoms with E-state index >= 15 is 0 Å². The number of ether oxygens (including phenoxy) is 1. The molecule has 0 amide bonds. The van der Waals surface area contributed by atoms with Gasteiger partial charge < -0.3 is 18.6 Å². The molecular weight excluding hydrogens is 416 g/mol. The molecule has 0 spiro atoms. The van der Waals surface area contributed by atoms with Gasteiger partial charge in [-0.05, 0) is 36.2 Å². The number of furan rings is 1. The topological polar surface area (TPSA) is 95.2 Å². The second-order valence-corrected chi connectivity index (χ2v) is 7.97. The van der Waals surface area contributed by atoms with Gasteiger partial charge in [-0.15, -0.1) is 10.2 Å². The molecular formula is C21H22N6O3S. The van der Waals surface area contributed by atoms with Crippen LogP contribution in [0.4, 0.5) is 5.95 Å². The first kappa shape index (κ1) is 19.8. The van der Waals surface area contributed by atoms with Gasteiger partial charge in [0.25, 0.3) is 5.89 Å². The van der Waals surface area contributed by atoms with E-state index in [4.69, 9.17) is 13.7 Å². The van der Waals surface area contributed by atoms with Crippen molar-refractivity contribution in [2.75, 3.05) is 31.2 Å². The molecule has 0 atom stereocenters. The Bertz CT molecular complexity index is 1130. The molecule has 160 valence electrons. The molecule has 1 aliphatic heterocycles. The number of benzene rings is 1. The summed E-state index contributed by atoms with van der Waals surface area (Å²) in [6, 6.07) is 12.0.